The molecule has 0 saturated carbocycles. The molecule has 10 heteroatoms. The van der Waals surface area contributed by atoms with Crippen LogP contribution in [0.15, 0.2) is 106 Å². The van der Waals surface area contributed by atoms with Crippen LogP contribution in [-0.2, 0) is 32.6 Å². The van der Waals surface area contributed by atoms with Gasteiger partial charge in [0.05, 0.1) is 17.7 Å². The lowest BCUT2D eigenvalue weighted by atomic mass is 10.0. The zero-order chi connectivity index (χ0) is 32.6. The van der Waals surface area contributed by atoms with Crippen LogP contribution in [0.4, 0.5) is 5.69 Å². The van der Waals surface area contributed by atoms with Crippen molar-refractivity contribution in [1.29, 1.82) is 0 Å². The molecular weight excluding hydrogens is 654 g/mol. The molecule has 0 radical (unpaired) electrons. The molecular formula is C35H38BrN3O5S. The van der Waals surface area contributed by atoms with Crippen LogP contribution in [-0.4, -0.2) is 51.4 Å². The molecule has 236 valence electrons. The van der Waals surface area contributed by atoms with Crippen molar-refractivity contribution in [2.24, 2.45) is 0 Å². The Labute approximate surface area is 274 Å². The van der Waals surface area contributed by atoms with Gasteiger partial charge in [-0.15, -0.1) is 0 Å². The maximum absolute atomic E-state index is 14.5. The number of nitrogens with one attached hydrogen (secondary N) is 1. The fraction of sp³-hybridized carbons (Fsp3) is 0.257. The molecule has 0 aliphatic carbocycles. The first kappa shape index (κ1) is 33.7. The summed E-state index contributed by atoms with van der Waals surface area (Å²) in [6.45, 7) is 5.43. The number of benzene rings is 4. The van der Waals surface area contributed by atoms with Gasteiger partial charge in [-0.1, -0.05) is 82.2 Å². The molecule has 0 aliphatic rings. The summed E-state index contributed by atoms with van der Waals surface area (Å²) in [5, 5.41) is 2.88. The predicted octanol–water partition coefficient (Wildman–Crippen LogP) is 6.05. The molecule has 4 aromatic rings. The third-order valence-corrected chi connectivity index (χ3v) is 9.68. The zero-order valence-electron chi connectivity index (χ0n) is 25.9. The fourth-order valence-electron chi connectivity index (χ4n) is 4.98. The van der Waals surface area contributed by atoms with Gasteiger partial charge < -0.3 is 15.0 Å². The Balaban J connectivity index is 1.84. The van der Waals surface area contributed by atoms with Gasteiger partial charge in [0.25, 0.3) is 10.0 Å². The van der Waals surface area contributed by atoms with Crippen LogP contribution >= 0.6 is 15.9 Å². The topological polar surface area (TPSA) is 96.0 Å². The smallest absolute Gasteiger partial charge is 0.264 e. The van der Waals surface area contributed by atoms with Crippen LogP contribution < -0.4 is 14.4 Å². The van der Waals surface area contributed by atoms with Crippen LogP contribution in [0, 0.1) is 13.8 Å². The second-order valence-electron chi connectivity index (χ2n) is 10.7. The van der Waals surface area contributed by atoms with Crippen molar-refractivity contribution in [2.45, 2.75) is 44.7 Å². The number of sulfonamides is 1. The van der Waals surface area contributed by atoms with Crippen LogP contribution in [0.2, 0.25) is 0 Å². The molecule has 0 heterocycles. The van der Waals surface area contributed by atoms with Gasteiger partial charge in [0.2, 0.25) is 11.8 Å². The van der Waals surface area contributed by atoms with E-state index in [1.807, 2.05) is 81.4 Å². The second-order valence-corrected chi connectivity index (χ2v) is 13.5. The Morgan fingerprint density at radius 1 is 0.867 bits per heavy atom. The van der Waals surface area contributed by atoms with Crippen molar-refractivity contribution in [3.05, 3.63) is 124 Å². The maximum atomic E-state index is 14.5. The number of methoxy groups -OCH3 is 1. The van der Waals surface area contributed by atoms with Crippen LogP contribution in [0.25, 0.3) is 0 Å². The highest BCUT2D eigenvalue weighted by Gasteiger charge is 2.35. The summed E-state index contributed by atoms with van der Waals surface area (Å²) in [6.07, 6.45) is 0.243. The minimum absolute atomic E-state index is 0.0356. The van der Waals surface area contributed by atoms with Gasteiger partial charge >= 0.3 is 0 Å². The number of carbonyl (C=O) groups excluding carboxylic acids is 2. The number of rotatable bonds is 13. The highest BCUT2D eigenvalue weighted by atomic mass is 79.9. The number of halogens is 1. The number of carbonyl (C=O) groups is 2. The van der Waals surface area contributed by atoms with E-state index < -0.39 is 28.5 Å². The average molecular weight is 693 g/mol. The molecule has 0 aromatic heterocycles. The number of aryl methyl sites for hydroxylation is 2. The van der Waals surface area contributed by atoms with Crippen LogP contribution in [0.3, 0.4) is 0 Å². The molecule has 0 fully saturated rings. The summed E-state index contributed by atoms with van der Waals surface area (Å²) in [5.41, 5.74) is 3.57. The SMILES string of the molecule is CCNC(=O)[C@@H](Cc1ccccc1)N(Cc1ccc(Br)cc1)C(=O)CN(c1cc(C)ccc1OC)S(=O)(=O)c1ccc(C)cc1. The lowest BCUT2D eigenvalue weighted by Gasteiger charge is -2.34. The van der Waals surface area contributed by atoms with Crippen molar-refractivity contribution < 1.29 is 22.7 Å². The van der Waals surface area contributed by atoms with Gasteiger partial charge in [0.15, 0.2) is 0 Å². The largest absolute Gasteiger partial charge is 0.495 e. The summed E-state index contributed by atoms with van der Waals surface area (Å²) >= 11 is 3.45. The van der Waals surface area contributed by atoms with Gasteiger partial charge in [-0.05, 0) is 73.9 Å². The molecule has 8 nitrogen and oxygen atoms in total. The number of nitrogens with zero attached hydrogens (tertiary/aromatic N) is 2. The zero-order valence-corrected chi connectivity index (χ0v) is 28.3. The van der Waals surface area contributed by atoms with Crippen molar-refractivity contribution >= 4 is 43.5 Å². The summed E-state index contributed by atoms with van der Waals surface area (Å²) in [5.74, 6) is -0.564. The summed E-state index contributed by atoms with van der Waals surface area (Å²) in [6, 6.07) is 27.7. The van der Waals surface area contributed by atoms with Crippen molar-refractivity contribution in [2.75, 3.05) is 24.5 Å². The van der Waals surface area contributed by atoms with Crippen molar-refractivity contribution in [3.63, 3.8) is 0 Å². The molecule has 45 heavy (non-hydrogen) atoms. The van der Waals surface area contributed by atoms with Crippen molar-refractivity contribution in [3.8, 4) is 5.75 Å². The Bertz CT molecular complexity index is 1710. The van der Waals surface area contributed by atoms with Gasteiger partial charge in [-0.2, -0.15) is 0 Å². The second kappa shape index (κ2) is 15.2. The first-order chi connectivity index (χ1) is 21.5. The van der Waals surface area contributed by atoms with E-state index in [0.717, 1.165) is 31.0 Å². The maximum Gasteiger partial charge on any atom is 0.264 e. The molecule has 1 N–H and O–H groups in total. The van der Waals surface area contributed by atoms with Gasteiger partial charge in [0.1, 0.15) is 18.3 Å². The summed E-state index contributed by atoms with van der Waals surface area (Å²) in [7, 11) is -2.79. The quantitative estimate of drug-likeness (QED) is 0.184. The number of hydrogen-bond acceptors (Lipinski definition) is 5. The van der Waals surface area contributed by atoms with Crippen LogP contribution in [0.1, 0.15) is 29.2 Å². The molecule has 4 rings (SSSR count). The van der Waals surface area contributed by atoms with Gasteiger partial charge in [-0.25, -0.2) is 8.42 Å². The van der Waals surface area contributed by atoms with E-state index in [9.17, 15) is 18.0 Å². The minimum Gasteiger partial charge on any atom is -0.495 e. The minimum atomic E-state index is -4.24. The van der Waals surface area contributed by atoms with Crippen molar-refractivity contribution in [1.82, 2.24) is 10.2 Å². The fourth-order valence-corrected chi connectivity index (χ4v) is 6.66. The van der Waals surface area contributed by atoms with E-state index >= 15 is 0 Å². The van der Waals surface area contributed by atoms with Gasteiger partial charge in [0, 0.05) is 24.0 Å². The third kappa shape index (κ3) is 8.52. The van der Waals surface area contributed by atoms with E-state index in [4.69, 9.17) is 4.74 Å². The number of hydrogen-bond donors (Lipinski definition) is 1. The van der Waals surface area contributed by atoms with E-state index in [0.29, 0.717) is 12.3 Å². The highest BCUT2D eigenvalue weighted by Crippen LogP contribution is 2.34. The first-order valence-corrected chi connectivity index (χ1v) is 16.9. The van der Waals surface area contributed by atoms with E-state index in [-0.39, 0.29) is 29.5 Å². The monoisotopic (exact) mass is 691 g/mol. The van der Waals surface area contributed by atoms with E-state index in [1.165, 1.54) is 24.1 Å². The number of ether oxygens (including phenoxy) is 1. The van der Waals surface area contributed by atoms with E-state index in [2.05, 4.69) is 21.2 Å². The molecule has 1 atom stereocenters. The standard InChI is InChI=1S/C35H38BrN3O5S/c1-5-37-35(41)32(22-27-9-7-6-8-10-27)38(23-28-14-16-29(36)17-15-28)34(40)24-39(31-21-26(3)13-20-33(31)44-4)45(42,43)30-18-11-25(2)12-19-30/h6-21,32H,5,22-24H2,1-4H3,(H,37,41)/t32-/m1/s1. The first-order valence-electron chi connectivity index (χ1n) is 14.6. The number of anilines is 1. The number of amides is 2. The Morgan fingerprint density at radius 2 is 1.51 bits per heavy atom. The van der Waals surface area contributed by atoms with Crippen LogP contribution in [0.5, 0.6) is 5.75 Å². The average Bonchev–Trinajstić information content (AvgIpc) is 3.03. The lowest BCUT2D eigenvalue weighted by molar-refractivity contribution is -0.140. The number of likely N-dealkylation sites (N-methyl/N-ethyl adjacent to an activating group) is 1. The molecule has 4 aromatic carbocycles. The highest BCUT2D eigenvalue weighted by molar-refractivity contribution is 9.10. The summed E-state index contributed by atoms with van der Waals surface area (Å²) in [4.78, 5) is 29.7. The third-order valence-electron chi connectivity index (χ3n) is 7.38. The molecule has 2 amide bonds. The van der Waals surface area contributed by atoms with Gasteiger partial charge in [-0.3, -0.25) is 13.9 Å². The lowest BCUT2D eigenvalue weighted by Crippen LogP contribution is -2.53. The van der Waals surface area contributed by atoms with E-state index in [1.54, 1.807) is 24.3 Å². The normalized spacial score (nSPS) is 11.8. The molecule has 0 spiro atoms. The summed E-state index contributed by atoms with van der Waals surface area (Å²) < 4.78 is 36.1. The Morgan fingerprint density at radius 3 is 2.13 bits per heavy atom. The Hall–Kier alpha value is -4.15. The molecule has 0 bridgehead atoms. The molecule has 0 aliphatic heterocycles. The molecule has 0 unspecified atom stereocenters. The Kier molecular flexibility index (Phi) is 11.4. The molecule has 0 saturated heterocycles. The predicted molar refractivity (Wildman–Crippen MR) is 181 cm³/mol.